The minimum Gasteiger partial charge on any atom is -0.452 e. The number of carbonyl (C=O) groups is 2. The fraction of sp³-hybridized carbons (Fsp3) is 0.579. The van der Waals surface area contributed by atoms with E-state index in [1.165, 1.54) is 12.1 Å². The van der Waals surface area contributed by atoms with Crippen LogP contribution in [0.1, 0.15) is 50.4 Å². The molecule has 0 spiro atoms. The van der Waals surface area contributed by atoms with Crippen LogP contribution in [0.2, 0.25) is 0 Å². The minimum absolute atomic E-state index is 0.0140. The maximum atomic E-state index is 12.6. The van der Waals surface area contributed by atoms with Gasteiger partial charge in [-0.3, -0.25) is 14.9 Å². The van der Waals surface area contributed by atoms with Gasteiger partial charge in [0.25, 0.3) is 11.6 Å². The zero-order chi connectivity index (χ0) is 20.0. The van der Waals surface area contributed by atoms with E-state index in [1.54, 1.807) is 6.07 Å². The number of esters is 1. The number of carbonyl (C=O) groups excluding carboxylic acids is 2. The molecule has 0 saturated carbocycles. The number of nitrogens with one attached hydrogen (secondary N) is 1. The number of anilines is 1. The van der Waals surface area contributed by atoms with Crippen molar-refractivity contribution in [1.29, 1.82) is 0 Å². The van der Waals surface area contributed by atoms with Gasteiger partial charge in [-0.25, -0.2) is 4.79 Å². The molecule has 1 aromatic carbocycles. The molecule has 1 fully saturated rings. The molecule has 1 aliphatic heterocycles. The molecular formula is C19H27N3O5. The molecule has 8 nitrogen and oxygen atoms in total. The summed E-state index contributed by atoms with van der Waals surface area (Å²) in [6, 6.07) is 4.19. The van der Waals surface area contributed by atoms with E-state index in [1.807, 2.05) is 18.7 Å². The fourth-order valence-corrected chi connectivity index (χ4v) is 2.95. The third kappa shape index (κ3) is 5.67. The zero-order valence-corrected chi connectivity index (χ0v) is 16.1. The Balaban J connectivity index is 2.16. The van der Waals surface area contributed by atoms with Crippen molar-refractivity contribution in [2.45, 2.75) is 46.1 Å². The summed E-state index contributed by atoms with van der Waals surface area (Å²) in [5.74, 6) is -0.512. The van der Waals surface area contributed by atoms with E-state index in [2.05, 4.69) is 12.2 Å². The van der Waals surface area contributed by atoms with Gasteiger partial charge in [-0.1, -0.05) is 13.8 Å². The summed E-state index contributed by atoms with van der Waals surface area (Å²) in [5.41, 5.74) is 0.551. The number of piperidine rings is 1. The van der Waals surface area contributed by atoms with Crippen molar-refractivity contribution in [1.82, 2.24) is 5.32 Å². The van der Waals surface area contributed by atoms with Crippen molar-refractivity contribution in [3.05, 3.63) is 33.9 Å². The molecular weight excluding hydrogens is 350 g/mol. The van der Waals surface area contributed by atoms with Crippen LogP contribution in [0.5, 0.6) is 0 Å². The Labute approximate surface area is 159 Å². The maximum absolute atomic E-state index is 12.6. The third-order valence-corrected chi connectivity index (χ3v) is 4.89. The summed E-state index contributed by atoms with van der Waals surface area (Å²) in [6.07, 6.45) is 2.74. The molecule has 0 aliphatic carbocycles. The van der Waals surface area contributed by atoms with Crippen LogP contribution >= 0.6 is 0 Å². The second-order valence-corrected chi connectivity index (χ2v) is 7.08. The van der Waals surface area contributed by atoms with Crippen molar-refractivity contribution < 1.29 is 19.2 Å². The predicted octanol–water partition coefficient (Wildman–Crippen LogP) is 2.90. The van der Waals surface area contributed by atoms with Crippen LogP contribution in [-0.4, -0.2) is 42.5 Å². The smallest absolute Gasteiger partial charge is 0.341 e. The maximum Gasteiger partial charge on any atom is 0.341 e. The zero-order valence-electron chi connectivity index (χ0n) is 16.1. The SMILES string of the molecule is CC[C@@H](C)NC(=O)COC(=O)c1cc([N+](=O)[O-])ccc1N1CCC(C)CC1. The van der Waals surface area contributed by atoms with Crippen molar-refractivity contribution in [3.63, 3.8) is 0 Å². The molecule has 0 unspecified atom stereocenters. The number of hydrogen-bond acceptors (Lipinski definition) is 6. The summed E-state index contributed by atoms with van der Waals surface area (Å²) in [7, 11) is 0. The highest BCUT2D eigenvalue weighted by Crippen LogP contribution is 2.29. The van der Waals surface area contributed by atoms with Crippen molar-refractivity contribution >= 4 is 23.3 Å². The molecule has 2 rings (SSSR count). The highest BCUT2D eigenvalue weighted by Gasteiger charge is 2.24. The summed E-state index contributed by atoms with van der Waals surface area (Å²) >= 11 is 0. The summed E-state index contributed by atoms with van der Waals surface area (Å²) < 4.78 is 5.12. The van der Waals surface area contributed by atoms with E-state index >= 15 is 0 Å². The number of hydrogen-bond donors (Lipinski definition) is 1. The Hall–Kier alpha value is -2.64. The Morgan fingerprint density at radius 1 is 1.37 bits per heavy atom. The minimum atomic E-state index is -0.730. The molecule has 1 aromatic rings. The molecule has 1 atom stereocenters. The van der Waals surface area contributed by atoms with E-state index < -0.39 is 23.4 Å². The third-order valence-electron chi connectivity index (χ3n) is 4.89. The lowest BCUT2D eigenvalue weighted by Gasteiger charge is -2.33. The topological polar surface area (TPSA) is 102 Å². The van der Waals surface area contributed by atoms with E-state index in [4.69, 9.17) is 4.74 Å². The molecule has 0 radical (unpaired) electrons. The average molecular weight is 377 g/mol. The van der Waals surface area contributed by atoms with Crippen LogP contribution in [0, 0.1) is 16.0 Å². The van der Waals surface area contributed by atoms with Crippen LogP contribution in [0.3, 0.4) is 0 Å². The Morgan fingerprint density at radius 2 is 2.04 bits per heavy atom. The highest BCUT2D eigenvalue weighted by atomic mass is 16.6. The number of nitro groups is 1. The Bertz CT molecular complexity index is 699. The summed E-state index contributed by atoms with van der Waals surface area (Å²) in [5, 5.41) is 13.8. The molecule has 148 valence electrons. The standard InChI is InChI=1S/C19H27N3O5/c1-4-14(3)20-18(23)12-27-19(24)16-11-15(22(25)26)5-6-17(16)21-9-7-13(2)8-10-21/h5-6,11,13-14H,4,7-10,12H2,1-3H3,(H,20,23)/t14-/m1/s1. The van der Waals surface area contributed by atoms with Gasteiger partial charge in [-0.15, -0.1) is 0 Å². The molecule has 1 amide bonds. The normalized spacial score (nSPS) is 15.9. The van der Waals surface area contributed by atoms with Gasteiger partial charge < -0.3 is 15.0 Å². The average Bonchev–Trinajstić information content (AvgIpc) is 2.66. The summed E-state index contributed by atoms with van der Waals surface area (Å²) in [6.45, 7) is 7.10. The molecule has 1 heterocycles. The molecule has 1 N–H and O–H groups in total. The van der Waals surface area contributed by atoms with Crippen molar-refractivity contribution in [2.24, 2.45) is 5.92 Å². The fourth-order valence-electron chi connectivity index (χ4n) is 2.95. The number of benzene rings is 1. The second kappa shape index (κ2) is 9.34. The molecule has 27 heavy (non-hydrogen) atoms. The number of amides is 1. The first-order valence-electron chi connectivity index (χ1n) is 9.31. The number of nitro benzene ring substituents is 1. The second-order valence-electron chi connectivity index (χ2n) is 7.08. The highest BCUT2D eigenvalue weighted by molar-refractivity contribution is 5.97. The first-order chi connectivity index (χ1) is 12.8. The van der Waals surface area contributed by atoms with Crippen LogP contribution in [-0.2, 0) is 9.53 Å². The van der Waals surface area contributed by atoms with Crippen molar-refractivity contribution in [2.75, 3.05) is 24.6 Å². The Kier molecular flexibility index (Phi) is 7.15. The lowest BCUT2D eigenvalue weighted by atomic mass is 9.98. The molecule has 0 bridgehead atoms. The van der Waals surface area contributed by atoms with Crippen LogP contribution in [0.15, 0.2) is 18.2 Å². The number of non-ortho nitro benzene ring substituents is 1. The number of rotatable bonds is 7. The van der Waals surface area contributed by atoms with Gasteiger partial charge in [-0.2, -0.15) is 0 Å². The van der Waals surface area contributed by atoms with Crippen molar-refractivity contribution in [3.8, 4) is 0 Å². The largest absolute Gasteiger partial charge is 0.452 e. The van der Waals surface area contributed by atoms with Crippen LogP contribution in [0.25, 0.3) is 0 Å². The van der Waals surface area contributed by atoms with Crippen LogP contribution in [0.4, 0.5) is 11.4 Å². The van der Waals surface area contributed by atoms with Gasteiger partial charge in [0.2, 0.25) is 0 Å². The first-order valence-corrected chi connectivity index (χ1v) is 9.31. The summed E-state index contributed by atoms with van der Waals surface area (Å²) in [4.78, 5) is 37.0. The van der Waals surface area contributed by atoms with Crippen LogP contribution < -0.4 is 10.2 Å². The van der Waals surface area contributed by atoms with E-state index in [9.17, 15) is 19.7 Å². The lowest BCUT2D eigenvalue weighted by molar-refractivity contribution is -0.384. The van der Waals surface area contributed by atoms with E-state index in [0.717, 1.165) is 32.4 Å². The van der Waals surface area contributed by atoms with Gasteiger partial charge in [0.05, 0.1) is 16.2 Å². The predicted molar refractivity (Wildman–Crippen MR) is 102 cm³/mol. The quantitative estimate of drug-likeness (QED) is 0.445. The molecule has 8 heteroatoms. The Morgan fingerprint density at radius 3 is 2.63 bits per heavy atom. The van der Waals surface area contributed by atoms with E-state index in [0.29, 0.717) is 11.6 Å². The van der Waals surface area contributed by atoms with Gasteiger partial charge in [-0.05, 0) is 38.2 Å². The van der Waals surface area contributed by atoms with Gasteiger partial charge >= 0.3 is 5.97 Å². The monoisotopic (exact) mass is 377 g/mol. The number of nitrogens with zero attached hydrogens (tertiary/aromatic N) is 2. The molecule has 0 aromatic heterocycles. The first kappa shape index (κ1) is 20.7. The molecule has 1 aliphatic rings. The lowest BCUT2D eigenvalue weighted by Crippen LogP contribution is -2.36. The van der Waals surface area contributed by atoms with Gasteiger partial charge in [0, 0.05) is 31.3 Å². The van der Waals surface area contributed by atoms with Gasteiger partial charge in [0.15, 0.2) is 6.61 Å². The van der Waals surface area contributed by atoms with Gasteiger partial charge in [0.1, 0.15) is 0 Å². The molecule has 1 saturated heterocycles. The number of ether oxygens (including phenoxy) is 1. The van der Waals surface area contributed by atoms with E-state index in [-0.39, 0.29) is 17.3 Å².